The van der Waals surface area contributed by atoms with Crippen molar-refractivity contribution in [1.29, 1.82) is 0 Å². The predicted octanol–water partition coefficient (Wildman–Crippen LogP) is 6.34. The maximum absolute atomic E-state index is 11.8. The highest BCUT2D eigenvalue weighted by atomic mass is 16.6. The van der Waals surface area contributed by atoms with Crippen LogP contribution < -0.4 is 0 Å². The molecule has 33 heavy (non-hydrogen) atoms. The first-order chi connectivity index (χ1) is 16.2. The van der Waals surface area contributed by atoms with Crippen LogP contribution in [0.15, 0.2) is 0 Å². The summed E-state index contributed by atoms with van der Waals surface area (Å²) in [6.07, 6.45) is 14.8. The summed E-state index contributed by atoms with van der Waals surface area (Å²) < 4.78 is 27.5. The summed E-state index contributed by atoms with van der Waals surface area (Å²) in [6.45, 7) is 12.0. The van der Waals surface area contributed by atoms with E-state index in [2.05, 4.69) is 20.8 Å². The molecule has 0 amide bonds. The van der Waals surface area contributed by atoms with Gasteiger partial charge in [-0.1, -0.05) is 78.6 Å². The van der Waals surface area contributed by atoms with E-state index in [0.29, 0.717) is 71.6 Å². The summed E-state index contributed by atoms with van der Waals surface area (Å²) in [5.74, 6) is 0.377. The first-order valence-corrected chi connectivity index (χ1v) is 13.7. The molecule has 0 aromatic rings. The van der Waals surface area contributed by atoms with Gasteiger partial charge in [0.05, 0.1) is 46.2 Å². The van der Waals surface area contributed by atoms with Crippen LogP contribution >= 0.6 is 0 Å². The van der Waals surface area contributed by atoms with Gasteiger partial charge in [0.2, 0.25) is 0 Å². The van der Waals surface area contributed by atoms with E-state index in [1.807, 2.05) is 0 Å². The van der Waals surface area contributed by atoms with Crippen molar-refractivity contribution in [3.63, 3.8) is 0 Å². The van der Waals surface area contributed by atoms with Crippen molar-refractivity contribution in [1.82, 2.24) is 0 Å². The topological polar surface area (TPSA) is 63.2 Å². The van der Waals surface area contributed by atoms with Crippen LogP contribution in [0.25, 0.3) is 0 Å². The fourth-order valence-corrected chi connectivity index (χ4v) is 3.42. The molecule has 6 heteroatoms. The molecule has 0 N–H and O–H groups in total. The first kappa shape index (κ1) is 32.3. The Morgan fingerprint density at radius 1 is 0.576 bits per heavy atom. The molecule has 0 fully saturated rings. The number of esters is 1. The second-order valence-corrected chi connectivity index (χ2v) is 8.77. The highest BCUT2D eigenvalue weighted by Gasteiger charge is 2.09. The van der Waals surface area contributed by atoms with Crippen LogP contribution in [0.5, 0.6) is 0 Å². The lowest BCUT2D eigenvalue weighted by atomic mass is 10.0. The summed E-state index contributed by atoms with van der Waals surface area (Å²) in [7, 11) is 0. The summed E-state index contributed by atoms with van der Waals surface area (Å²) >= 11 is 0. The van der Waals surface area contributed by atoms with Gasteiger partial charge in [0.25, 0.3) is 0 Å². The van der Waals surface area contributed by atoms with Crippen molar-refractivity contribution in [2.24, 2.45) is 5.92 Å². The van der Waals surface area contributed by atoms with E-state index in [1.165, 1.54) is 51.4 Å². The lowest BCUT2D eigenvalue weighted by Gasteiger charge is -2.14. The summed E-state index contributed by atoms with van der Waals surface area (Å²) in [4.78, 5) is 11.8. The van der Waals surface area contributed by atoms with E-state index in [1.54, 1.807) is 0 Å². The lowest BCUT2D eigenvalue weighted by molar-refractivity contribution is -0.145. The Balaban J connectivity index is 3.21. The van der Waals surface area contributed by atoms with Crippen molar-refractivity contribution >= 4 is 5.97 Å². The molecule has 198 valence electrons. The van der Waals surface area contributed by atoms with Gasteiger partial charge in [-0.15, -0.1) is 0 Å². The van der Waals surface area contributed by atoms with Crippen molar-refractivity contribution in [2.75, 3.05) is 59.5 Å². The Morgan fingerprint density at radius 2 is 1.06 bits per heavy atom. The van der Waals surface area contributed by atoms with Crippen molar-refractivity contribution in [2.45, 2.75) is 104 Å². The molecule has 0 aromatic carbocycles. The minimum atomic E-state index is -0.117. The quantitative estimate of drug-likeness (QED) is 0.102. The van der Waals surface area contributed by atoms with E-state index in [0.717, 1.165) is 25.9 Å². The van der Waals surface area contributed by atoms with E-state index < -0.39 is 0 Å². The van der Waals surface area contributed by atoms with Crippen molar-refractivity contribution in [3.8, 4) is 0 Å². The zero-order chi connectivity index (χ0) is 24.2. The largest absolute Gasteiger partial charge is 0.465 e. The number of carbonyl (C=O) groups is 1. The van der Waals surface area contributed by atoms with Gasteiger partial charge in [-0.05, 0) is 25.2 Å². The van der Waals surface area contributed by atoms with Gasteiger partial charge in [-0.25, -0.2) is 0 Å². The fourth-order valence-electron chi connectivity index (χ4n) is 3.42. The average molecular weight is 475 g/mol. The monoisotopic (exact) mass is 474 g/mol. The highest BCUT2D eigenvalue weighted by molar-refractivity contribution is 5.69. The number of rotatable bonds is 27. The number of unbranched alkanes of at least 4 members (excludes halogenated alkanes) is 7. The molecular weight excluding hydrogens is 420 g/mol. The minimum Gasteiger partial charge on any atom is -0.465 e. The van der Waals surface area contributed by atoms with Gasteiger partial charge in [0, 0.05) is 19.6 Å². The Labute approximate surface area is 204 Å². The van der Waals surface area contributed by atoms with Crippen LogP contribution in [-0.4, -0.2) is 65.4 Å². The van der Waals surface area contributed by atoms with Crippen molar-refractivity contribution in [3.05, 3.63) is 0 Å². The molecule has 0 bridgehead atoms. The highest BCUT2D eigenvalue weighted by Crippen LogP contribution is 2.13. The number of hydrogen-bond acceptors (Lipinski definition) is 6. The third-order valence-corrected chi connectivity index (χ3v) is 5.70. The van der Waals surface area contributed by atoms with Gasteiger partial charge in [-0.2, -0.15) is 0 Å². The molecular formula is C27H54O6. The average Bonchev–Trinajstić information content (AvgIpc) is 2.83. The third kappa shape index (κ3) is 25.8. The molecule has 0 saturated carbocycles. The molecule has 0 radical (unpaired) electrons. The predicted molar refractivity (Wildman–Crippen MR) is 135 cm³/mol. The molecule has 0 aliphatic rings. The molecule has 0 saturated heterocycles. The Kier molecular flexibility index (Phi) is 27.0. The number of carbonyl (C=O) groups excluding carboxylic acids is 1. The molecule has 0 aromatic heterocycles. The number of ether oxygens (including phenoxy) is 5. The maximum Gasteiger partial charge on any atom is 0.305 e. The number of hydrogen-bond donors (Lipinski definition) is 0. The smallest absolute Gasteiger partial charge is 0.305 e. The van der Waals surface area contributed by atoms with Crippen LogP contribution in [0.2, 0.25) is 0 Å². The second-order valence-electron chi connectivity index (χ2n) is 8.77. The van der Waals surface area contributed by atoms with E-state index in [4.69, 9.17) is 23.7 Å². The molecule has 0 aliphatic heterocycles. The normalized spacial score (nSPS) is 12.2. The zero-order valence-electron chi connectivity index (χ0n) is 22.1. The standard InChI is InChI=1S/C27H54O6/c1-4-7-9-10-11-12-13-17-29-19-21-31-23-24-32-22-20-30-18-14-16-27(28)33-25-26(6-3)15-8-5-2/h26H,4-25H2,1-3H3. The lowest BCUT2D eigenvalue weighted by Crippen LogP contribution is -2.15. The molecule has 1 atom stereocenters. The molecule has 0 rings (SSSR count). The fraction of sp³-hybridized carbons (Fsp3) is 0.963. The van der Waals surface area contributed by atoms with Gasteiger partial charge < -0.3 is 23.7 Å². The van der Waals surface area contributed by atoms with E-state index >= 15 is 0 Å². The molecule has 0 heterocycles. The Hall–Kier alpha value is -0.690. The van der Waals surface area contributed by atoms with Crippen LogP contribution in [-0.2, 0) is 28.5 Å². The van der Waals surface area contributed by atoms with Crippen LogP contribution in [0.1, 0.15) is 104 Å². The van der Waals surface area contributed by atoms with Gasteiger partial charge in [-0.3, -0.25) is 4.79 Å². The van der Waals surface area contributed by atoms with Crippen molar-refractivity contribution < 1.29 is 28.5 Å². The van der Waals surface area contributed by atoms with Crippen LogP contribution in [0, 0.1) is 5.92 Å². The molecule has 0 spiro atoms. The SMILES string of the molecule is CCCCCCCCCOCCOCCOCCOCCCC(=O)OCC(CC)CCCC. The van der Waals surface area contributed by atoms with Gasteiger partial charge in [0.1, 0.15) is 0 Å². The van der Waals surface area contributed by atoms with Gasteiger partial charge >= 0.3 is 5.97 Å². The third-order valence-electron chi connectivity index (χ3n) is 5.70. The molecule has 6 nitrogen and oxygen atoms in total. The molecule has 0 aliphatic carbocycles. The summed E-state index contributed by atoms with van der Waals surface area (Å²) in [5, 5.41) is 0. The minimum absolute atomic E-state index is 0.117. The summed E-state index contributed by atoms with van der Waals surface area (Å²) in [6, 6.07) is 0. The van der Waals surface area contributed by atoms with E-state index in [9.17, 15) is 4.79 Å². The second kappa shape index (κ2) is 27.6. The Bertz CT molecular complexity index is 391. The van der Waals surface area contributed by atoms with Crippen LogP contribution in [0.4, 0.5) is 0 Å². The summed E-state index contributed by atoms with van der Waals surface area (Å²) in [5.41, 5.74) is 0. The maximum atomic E-state index is 11.8. The Morgan fingerprint density at radius 3 is 1.61 bits per heavy atom. The van der Waals surface area contributed by atoms with Crippen LogP contribution in [0.3, 0.4) is 0 Å². The zero-order valence-corrected chi connectivity index (χ0v) is 22.1. The molecule has 1 unspecified atom stereocenters. The van der Waals surface area contributed by atoms with E-state index in [-0.39, 0.29) is 5.97 Å². The van der Waals surface area contributed by atoms with Gasteiger partial charge in [0.15, 0.2) is 0 Å². The first-order valence-electron chi connectivity index (χ1n) is 13.7.